The number of hydrogen-bond donors (Lipinski definition) is 2. The monoisotopic (exact) mass is 488 g/mol. The van der Waals surface area contributed by atoms with Crippen LogP contribution in [0.5, 0.6) is 5.75 Å². The van der Waals surface area contributed by atoms with Gasteiger partial charge in [0.2, 0.25) is 0 Å². The number of nitrogens with one attached hydrogen (secondary N) is 1. The molecule has 2 aromatic carbocycles. The average Bonchev–Trinajstić information content (AvgIpc) is 2.75. The van der Waals surface area contributed by atoms with Gasteiger partial charge in [0.05, 0.1) is 11.1 Å². The molecule has 6 heteroatoms. The molecule has 1 fully saturated rings. The minimum absolute atomic E-state index is 0.0603. The molecule has 1 atom stereocenters. The van der Waals surface area contributed by atoms with Crippen molar-refractivity contribution in [2.75, 3.05) is 0 Å². The van der Waals surface area contributed by atoms with Gasteiger partial charge in [-0.15, -0.1) is 0 Å². The summed E-state index contributed by atoms with van der Waals surface area (Å²) in [5.41, 5.74) is 7.75. The molecule has 0 saturated heterocycles. The lowest BCUT2D eigenvalue weighted by molar-refractivity contribution is 0.103. The van der Waals surface area contributed by atoms with Crippen molar-refractivity contribution in [1.82, 2.24) is 4.98 Å². The molecule has 0 amide bonds. The van der Waals surface area contributed by atoms with E-state index < -0.39 is 0 Å². The maximum absolute atomic E-state index is 12.0. The Morgan fingerprint density at radius 3 is 2.70 bits per heavy atom. The third-order valence-electron chi connectivity index (χ3n) is 6.50. The minimum Gasteiger partial charge on any atom is -0.489 e. The van der Waals surface area contributed by atoms with Crippen LogP contribution in [0.3, 0.4) is 0 Å². The Balaban J connectivity index is 1.56. The van der Waals surface area contributed by atoms with Crippen molar-refractivity contribution in [2.24, 2.45) is 5.73 Å². The number of ether oxygens (including phenoxy) is 1. The van der Waals surface area contributed by atoms with Crippen molar-refractivity contribution in [3.63, 3.8) is 0 Å². The number of halogens is 2. The Morgan fingerprint density at radius 2 is 2.00 bits per heavy atom. The van der Waals surface area contributed by atoms with E-state index >= 15 is 0 Å². The van der Waals surface area contributed by atoms with Gasteiger partial charge in [-0.2, -0.15) is 0 Å². The highest BCUT2D eigenvalue weighted by molar-refractivity contribution is 9.10. The van der Waals surface area contributed by atoms with Crippen LogP contribution in [0.1, 0.15) is 44.6 Å². The van der Waals surface area contributed by atoms with Crippen LogP contribution in [0, 0.1) is 0 Å². The fourth-order valence-electron chi connectivity index (χ4n) is 4.78. The summed E-state index contributed by atoms with van der Waals surface area (Å²) in [6.45, 7) is 2.16. The molecule has 0 unspecified atom stereocenters. The molecular weight excluding hydrogens is 464 g/mol. The summed E-state index contributed by atoms with van der Waals surface area (Å²) in [4.78, 5) is 14.7. The molecular formula is C24H26BrClN2O2. The van der Waals surface area contributed by atoms with E-state index in [2.05, 4.69) is 46.0 Å². The maximum atomic E-state index is 12.0. The van der Waals surface area contributed by atoms with Crippen molar-refractivity contribution in [2.45, 2.75) is 56.6 Å². The van der Waals surface area contributed by atoms with Crippen LogP contribution in [0.2, 0.25) is 5.02 Å². The number of nitrogens with two attached hydrogens (primary N) is 1. The second kappa shape index (κ2) is 8.74. The second-order valence-corrected chi connectivity index (χ2v) is 9.41. The number of benzene rings is 2. The van der Waals surface area contributed by atoms with E-state index in [9.17, 15) is 4.79 Å². The van der Waals surface area contributed by atoms with Gasteiger partial charge in [-0.1, -0.05) is 52.7 Å². The number of hydrogen-bond acceptors (Lipinski definition) is 3. The van der Waals surface area contributed by atoms with E-state index in [-0.39, 0.29) is 23.1 Å². The zero-order valence-electron chi connectivity index (χ0n) is 17.0. The highest BCUT2D eigenvalue weighted by Crippen LogP contribution is 2.46. The van der Waals surface area contributed by atoms with Gasteiger partial charge in [-0.25, -0.2) is 0 Å². The first-order valence-electron chi connectivity index (χ1n) is 10.4. The summed E-state index contributed by atoms with van der Waals surface area (Å²) in [6.07, 6.45) is 6.36. The summed E-state index contributed by atoms with van der Waals surface area (Å²) >= 11 is 10.2. The highest BCUT2D eigenvalue weighted by atomic mass is 79.9. The highest BCUT2D eigenvalue weighted by Gasteiger charge is 2.42. The van der Waals surface area contributed by atoms with Crippen LogP contribution < -0.4 is 16.0 Å². The van der Waals surface area contributed by atoms with E-state index in [1.807, 2.05) is 18.2 Å². The van der Waals surface area contributed by atoms with Crippen molar-refractivity contribution in [3.05, 3.63) is 74.1 Å². The van der Waals surface area contributed by atoms with Crippen LogP contribution in [-0.4, -0.2) is 17.1 Å². The molecule has 0 bridgehead atoms. The third-order valence-corrected chi connectivity index (χ3v) is 7.49. The van der Waals surface area contributed by atoms with E-state index in [1.54, 1.807) is 12.3 Å². The molecule has 4 rings (SSSR count). The SMILES string of the molecule is CC[C@H](N)C1(c2ccccc2Br)CCC(Oc2cc3cc[nH]c(=O)c3cc2Cl)CC1. The van der Waals surface area contributed by atoms with E-state index in [0.717, 1.165) is 42.0 Å². The molecule has 1 aliphatic carbocycles. The first-order chi connectivity index (χ1) is 14.4. The maximum Gasteiger partial charge on any atom is 0.255 e. The Labute approximate surface area is 189 Å². The van der Waals surface area contributed by atoms with Gasteiger partial charge in [0.15, 0.2) is 0 Å². The van der Waals surface area contributed by atoms with Gasteiger partial charge in [-0.05, 0) is 67.3 Å². The number of aromatic nitrogens is 1. The molecule has 4 nitrogen and oxygen atoms in total. The van der Waals surface area contributed by atoms with Crippen LogP contribution in [0.15, 0.2) is 57.9 Å². The summed E-state index contributed by atoms with van der Waals surface area (Å²) in [5.74, 6) is 0.632. The Morgan fingerprint density at radius 1 is 1.27 bits per heavy atom. The Bertz CT molecular complexity index is 1110. The molecule has 158 valence electrons. The van der Waals surface area contributed by atoms with Crippen molar-refractivity contribution in [3.8, 4) is 5.75 Å². The number of aromatic amines is 1. The van der Waals surface area contributed by atoms with Crippen LogP contribution in [0.4, 0.5) is 0 Å². The average molecular weight is 490 g/mol. The molecule has 1 heterocycles. The summed E-state index contributed by atoms with van der Waals surface area (Å²) < 4.78 is 7.43. The van der Waals surface area contributed by atoms with Crippen molar-refractivity contribution in [1.29, 1.82) is 0 Å². The number of H-pyrrole nitrogens is 1. The van der Waals surface area contributed by atoms with E-state index in [1.165, 1.54) is 5.56 Å². The standard InChI is InChI=1S/C24H26BrClN2O2/c1-2-22(27)24(18-5-3-4-6-19(18)25)10-7-16(8-11-24)30-21-13-15-9-12-28-23(29)17(15)14-20(21)26/h3-6,9,12-14,16,22H,2,7-8,10-11,27H2,1H3,(H,28,29)/t16?,22-,24?/m0/s1. The number of rotatable bonds is 5. The van der Waals surface area contributed by atoms with E-state index in [4.69, 9.17) is 22.1 Å². The van der Waals surface area contributed by atoms with Gasteiger partial charge in [0, 0.05) is 27.5 Å². The molecule has 1 aromatic heterocycles. The minimum atomic E-state index is -0.148. The Kier molecular flexibility index (Phi) is 6.24. The largest absolute Gasteiger partial charge is 0.489 e. The summed E-state index contributed by atoms with van der Waals surface area (Å²) in [6, 6.07) is 13.9. The molecule has 1 saturated carbocycles. The molecule has 0 aliphatic heterocycles. The predicted molar refractivity (Wildman–Crippen MR) is 127 cm³/mol. The molecule has 1 aliphatic rings. The summed E-state index contributed by atoms with van der Waals surface area (Å²) in [5, 5.41) is 1.86. The van der Waals surface area contributed by atoms with Crippen LogP contribution in [-0.2, 0) is 5.41 Å². The van der Waals surface area contributed by atoms with Crippen LogP contribution in [0.25, 0.3) is 10.8 Å². The molecule has 0 radical (unpaired) electrons. The lowest BCUT2D eigenvalue weighted by Crippen LogP contribution is -2.49. The van der Waals surface area contributed by atoms with Gasteiger partial charge in [0.1, 0.15) is 5.75 Å². The zero-order valence-corrected chi connectivity index (χ0v) is 19.3. The number of fused-ring (bicyclic) bond motifs is 1. The molecule has 3 aromatic rings. The van der Waals surface area contributed by atoms with Gasteiger partial charge >= 0.3 is 0 Å². The topological polar surface area (TPSA) is 68.1 Å². The smallest absolute Gasteiger partial charge is 0.255 e. The third kappa shape index (κ3) is 3.91. The van der Waals surface area contributed by atoms with Crippen molar-refractivity contribution < 1.29 is 4.74 Å². The van der Waals surface area contributed by atoms with Gasteiger partial charge < -0.3 is 15.5 Å². The fourth-order valence-corrected chi connectivity index (χ4v) is 5.67. The second-order valence-electron chi connectivity index (χ2n) is 8.14. The summed E-state index contributed by atoms with van der Waals surface area (Å²) in [7, 11) is 0. The molecule has 0 spiro atoms. The lowest BCUT2D eigenvalue weighted by Gasteiger charge is -2.45. The molecule has 3 N–H and O–H groups in total. The predicted octanol–water partition coefficient (Wildman–Crippen LogP) is 5.94. The van der Waals surface area contributed by atoms with Gasteiger partial charge in [0.25, 0.3) is 5.56 Å². The first-order valence-corrected chi connectivity index (χ1v) is 11.6. The van der Waals surface area contributed by atoms with E-state index in [0.29, 0.717) is 16.2 Å². The lowest BCUT2D eigenvalue weighted by atomic mass is 9.64. The number of pyridine rings is 1. The first kappa shape index (κ1) is 21.4. The Hall–Kier alpha value is -1.82. The van der Waals surface area contributed by atoms with Crippen molar-refractivity contribution >= 4 is 38.3 Å². The van der Waals surface area contributed by atoms with Gasteiger partial charge in [-0.3, -0.25) is 4.79 Å². The normalized spacial score (nSPS) is 22.7. The zero-order chi connectivity index (χ0) is 21.3. The van der Waals surface area contributed by atoms with Crippen LogP contribution >= 0.6 is 27.5 Å². The molecule has 30 heavy (non-hydrogen) atoms. The quantitative estimate of drug-likeness (QED) is 0.466. The fraction of sp³-hybridized carbons (Fsp3) is 0.375.